The summed E-state index contributed by atoms with van der Waals surface area (Å²) in [6, 6.07) is 5.45. The Labute approximate surface area is 142 Å². The van der Waals surface area contributed by atoms with Gasteiger partial charge in [-0.05, 0) is 37.1 Å². The number of hydrogen-bond acceptors (Lipinski definition) is 6. The summed E-state index contributed by atoms with van der Waals surface area (Å²) >= 11 is 0. The monoisotopic (exact) mass is 356 g/mol. The number of sulfone groups is 1. The minimum Gasteiger partial charge on any atom is -0.493 e. The highest BCUT2D eigenvalue weighted by atomic mass is 32.2. The molecule has 8 heteroatoms. The van der Waals surface area contributed by atoms with Crippen LogP contribution in [0.4, 0.5) is 0 Å². The van der Waals surface area contributed by atoms with Crippen LogP contribution in [0.3, 0.4) is 0 Å². The number of methoxy groups -OCH3 is 2. The second-order valence-corrected chi connectivity index (χ2v) is 8.01. The number of benzene rings is 1. The van der Waals surface area contributed by atoms with Crippen LogP contribution >= 0.6 is 0 Å². The molecule has 2 rings (SSSR count). The van der Waals surface area contributed by atoms with Gasteiger partial charge in [0.15, 0.2) is 21.3 Å². The van der Waals surface area contributed by atoms with Gasteiger partial charge in [0.1, 0.15) is 0 Å². The van der Waals surface area contributed by atoms with E-state index in [0.29, 0.717) is 24.5 Å². The first-order valence-corrected chi connectivity index (χ1v) is 9.67. The molecule has 1 saturated heterocycles. The molecule has 0 aromatic heterocycles. The van der Waals surface area contributed by atoms with E-state index in [2.05, 4.69) is 10.6 Å². The number of amides is 1. The fourth-order valence-corrected chi connectivity index (χ4v) is 4.33. The molecule has 1 atom stereocenters. The second-order valence-electron chi connectivity index (χ2n) is 5.78. The number of rotatable bonds is 8. The van der Waals surface area contributed by atoms with Crippen LogP contribution in [-0.4, -0.2) is 59.2 Å². The van der Waals surface area contributed by atoms with E-state index in [9.17, 15) is 13.2 Å². The molecule has 1 aromatic carbocycles. The van der Waals surface area contributed by atoms with E-state index >= 15 is 0 Å². The summed E-state index contributed by atoms with van der Waals surface area (Å²) in [5.74, 6) is 1.38. The van der Waals surface area contributed by atoms with Gasteiger partial charge < -0.3 is 20.1 Å². The molecule has 0 saturated carbocycles. The fourth-order valence-electron chi connectivity index (χ4n) is 2.66. The van der Waals surface area contributed by atoms with E-state index in [4.69, 9.17) is 9.47 Å². The highest BCUT2D eigenvalue weighted by Crippen LogP contribution is 2.27. The van der Waals surface area contributed by atoms with Crippen LogP contribution in [0.25, 0.3) is 0 Å². The molecule has 134 valence electrons. The molecule has 1 aliphatic heterocycles. The van der Waals surface area contributed by atoms with E-state index in [-0.39, 0.29) is 30.0 Å². The molecule has 0 radical (unpaired) electrons. The molecule has 1 aromatic rings. The van der Waals surface area contributed by atoms with Gasteiger partial charge in [0, 0.05) is 6.04 Å². The van der Waals surface area contributed by atoms with Crippen molar-refractivity contribution in [1.29, 1.82) is 0 Å². The Bertz CT molecular complexity index is 675. The quantitative estimate of drug-likeness (QED) is 0.644. The highest BCUT2D eigenvalue weighted by Gasteiger charge is 2.28. The molecule has 2 N–H and O–H groups in total. The van der Waals surface area contributed by atoms with Crippen LogP contribution in [0.15, 0.2) is 18.2 Å². The Hall–Kier alpha value is -1.80. The van der Waals surface area contributed by atoms with E-state index in [0.717, 1.165) is 12.0 Å². The Kier molecular flexibility index (Phi) is 6.44. The van der Waals surface area contributed by atoms with Crippen molar-refractivity contribution in [3.05, 3.63) is 23.8 Å². The van der Waals surface area contributed by atoms with Crippen LogP contribution in [-0.2, 0) is 21.1 Å². The summed E-state index contributed by atoms with van der Waals surface area (Å²) in [6.45, 7) is 0.801. The van der Waals surface area contributed by atoms with Gasteiger partial charge in [0.2, 0.25) is 5.91 Å². The lowest BCUT2D eigenvalue weighted by Crippen LogP contribution is -2.41. The topological polar surface area (TPSA) is 93.7 Å². The number of carbonyl (C=O) groups is 1. The minimum atomic E-state index is -2.97. The molecular weight excluding hydrogens is 332 g/mol. The molecule has 0 aliphatic carbocycles. The third-order valence-corrected chi connectivity index (χ3v) is 5.69. The van der Waals surface area contributed by atoms with Crippen molar-refractivity contribution in [3.8, 4) is 11.5 Å². The number of hydrogen-bond donors (Lipinski definition) is 2. The molecule has 0 spiro atoms. The first kappa shape index (κ1) is 18.5. The van der Waals surface area contributed by atoms with Gasteiger partial charge in [-0.25, -0.2) is 8.42 Å². The Morgan fingerprint density at radius 3 is 2.62 bits per heavy atom. The third-order valence-electron chi connectivity index (χ3n) is 3.92. The van der Waals surface area contributed by atoms with Crippen molar-refractivity contribution < 1.29 is 22.7 Å². The predicted octanol–water partition coefficient (Wildman–Crippen LogP) is 0.139. The fraction of sp³-hybridized carbons (Fsp3) is 0.562. The zero-order valence-corrected chi connectivity index (χ0v) is 14.8. The highest BCUT2D eigenvalue weighted by molar-refractivity contribution is 7.91. The van der Waals surface area contributed by atoms with E-state index in [1.807, 2.05) is 18.2 Å². The average molecular weight is 356 g/mol. The van der Waals surface area contributed by atoms with Gasteiger partial charge in [-0.3, -0.25) is 4.79 Å². The predicted molar refractivity (Wildman–Crippen MR) is 91.3 cm³/mol. The van der Waals surface area contributed by atoms with Crippen molar-refractivity contribution >= 4 is 15.7 Å². The van der Waals surface area contributed by atoms with Gasteiger partial charge in [0.05, 0.1) is 32.3 Å². The molecule has 1 heterocycles. The zero-order chi connectivity index (χ0) is 17.6. The number of ether oxygens (including phenoxy) is 2. The maximum atomic E-state index is 11.8. The molecule has 24 heavy (non-hydrogen) atoms. The van der Waals surface area contributed by atoms with Gasteiger partial charge in [-0.2, -0.15) is 0 Å². The largest absolute Gasteiger partial charge is 0.493 e. The smallest absolute Gasteiger partial charge is 0.234 e. The summed E-state index contributed by atoms with van der Waals surface area (Å²) in [7, 11) is 0.209. The van der Waals surface area contributed by atoms with Crippen LogP contribution in [0.2, 0.25) is 0 Å². The standard InChI is InChI=1S/C16H24N2O5S/c1-22-14-4-3-12(9-15(14)23-2)5-7-17-10-16(19)18-13-6-8-24(20,21)11-13/h3-4,9,13,17H,5-8,10-11H2,1-2H3,(H,18,19). The van der Waals surface area contributed by atoms with Gasteiger partial charge in [-0.15, -0.1) is 0 Å². The summed E-state index contributed by atoms with van der Waals surface area (Å²) in [5.41, 5.74) is 1.07. The first-order chi connectivity index (χ1) is 11.4. The summed E-state index contributed by atoms with van der Waals surface area (Å²) in [4.78, 5) is 11.8. The molecule has 1 fully saturated rings. The normalized spacial score (nSPS) is 19.0. The third kappa shape index (κ3) is 5.38. The van der Waals surface area contributed by atoms with Crippen molar-refractivity contribution in [1.82, 2.24) is 10.6 Å². The average Bonchev–Trinajstić information content (AvgIpc) is 2.89. The van der Waals surface area contributed by atoms with Crippen molar-refractivity contribution in [2.24, 2.45) is 0 Å². The van der Waals surface area contributed by atoms with Crippen molar-refractivity contribution in [2.45, 2.75) is 18.9 Å². The zero-order valence-electron chi connectivity index (χ0n) is 14.0. The molecule has 1 unspecified atom stereocenters. The lowest BCUT2D eigenvalue weighted by Gasteiger charge is -2.12. The lowest BCUT2D eigenvalue weighted by atomic mass is 10.1. The molecule has 7 nitrogen and oxygen atoms in total. The molecule has 1 aliphatic rings. The summed E-state index contributed by atoms with van der Waals surface area (Å²) < 4.78 is 33.1. The Morgan fingerprint density at radius 2 is 2.00 bits per heavy atom. The van der Waals surface area contributed by atoms with Crippen LogP contribution in [0.1, 0.15) is 12.0 Å². The van der Waals surface area contributed by atoms with E-state index in [1.54, 1.807) is 14.2 Å². The maximum Gasteiger partial charge on any atom is 0.234 e. The maximum absolute atomic E-state index is 11.8. The lowest BCUT2D eigenvalue weighted by molar-refractivity contribution is -0.120. The van der Waals surface area contributed by atoms with Crippen molar-refractivity contribution in [3.63, 3.8) is 0 Å². The molecule has 1 amide bonds. The van der Waals surface area contributed by atoms with Gasteiger partial charge in [-0.1, -0.05) is 6.07 Å². The SMILES string of the molecule is COc1ccc(CCNCC(=O)NC2CCS(=O)(=O)C2)cc1OC. The summed E-state index contributed by atoms with van der Waals surface area (Å²) in [5, 5.41) is 5.81. The Balaban J connectivity index is 1.70. The Morgan fingerprint density at radius 1 is 1.25 bits per heavy atom. The number of nitrogens with one attached hydrogen (secondary N) is 2. The van der Waals surface area contributed by atoms with Gasteiger partial charge >= 0.3 is 0 Å². The van der Waals surface area contributed by atoms with Crippen molar-refractivity contribution in [2.75, 3.05) is 38.8 Å². The van der Waals surface area contributed by atoms with Crippen LogP contribution < -0.4 is 20.1 Å². The van der Waals surface area contributed by atoms with E-state index in [1.165, 1.54) is 0 Å². The number of carbonyl (C=O) groups excluding carboxylic acids is 1. The van der Waals surface area contributed by atoms with E-state index < -0.39 is 9.84 Å². The molecular formula is C16H24N2O5S. The van der Waals surface area contributed by atoms with Gasteiger partial charge in [0.25, 0.3) is 0 Å². The molecule has 0 bridgehead atoms. The summed E-state index contributed by atoms with van der Waals surface area (Å²) in [6.07, 6.45) is 1.24. The van der Waals surface area contributed by atoms with Crippen LogP contribution in [0.5, 0.6) is 11.5 Å². The van der Waals surface area contributed by atoms with Crippen LogP contribution in [0, 0.1) is 0 Å². The first-order valence-electron chi connectivity index (χ1n) is 7.85. The second kappa shape index (κ2) is 8.34. The minimum absolute atomic E-state index is 0.0460.